The molecule has 0 amide bonds. The SMILES string of the molecule is CCCNC(c1ccc(SC)cc1)C1CCCCCC1. The van der Waals surface area contributed by atoms with Crippen LogP contribution in [0, 0.1) is 5.92 Å². The predicted octanol–water partition coefficient (Wildman–Crippen LogP) is 5.42. The summed E-state index contributed by atoms with van der Waals surface area (Å²) in [6, 6.07) is 9.78. The van der Waals surface area contributed by atoms with E-state index in [0.29, 0.717) is 6.04 Å². The molecule has 1 unspecified atom stereocenters. The molecule has 0 spiro atoms. The van der Waals surface area contributed by atoms with Gasteiger partial charge in [0.25, 0.3) is 0 Å². The molecule has 1 N–H and O–H groups in total. The molecule has 0 aliphatic heterocycles. The molecule has 1 aromatic rings. The zero-order valence-corrected chi connectivity index (χ0v) is 13.8. The molecule has 1 saturated carbocycles. The normalized spacial score (nSPS) is 18.7. The third-order valence-corrected chi connectivity index (χ3v) is 5.20. The first-order valence-corrected chi connectivity index (χ1v) is 9.45. The van der Waals surface area contributed by atoms with Crippen LogP contribution in [0.1, 0.15) is 63.5 Å². The number of benzene rings is 1. The summed E-state index contributed by atoms with van der Waals surface area (Å²) < 4.78 is 0. The molecule has 1 atom stereocenters. The van der Waals surface area contributed by atoms with E-state index < -0.39 is 0 Å². The van der Waals surface area contributed by atoms with Crippen molar-refractivity contribution < 1.29 is 0 Å². The number of hydrogen-bond donors (Lipinski definition) is 1. The topological polar surface area (TPSA) is 12.0 Å². The zero-order chi connectivity index (χ0) is 14.2. The third kappa shape index (κ3) is 4.53. The Morgan fingerprint density at radius 2 is 1.75 bits per heavy atom. The average molecular weight is 292 g/mol. The lowest BCUT2D eigenvalue weighted by Crippen LogP contribution is -2.29. The Labute approximate surface area is 128 Å². The Balaban J connectivity index is 2.11. The van der Waals surface area contributed by atoms with Crippen molar-refractivity contribution in [2.45, 2.75) is 62.8 Å². The van der Waals surface area contributed by atoms with Crippen LogP contribution < -0.4 is 5.32 Å². The van der Waals surface area contributed by atoms with Crippen LogP contribution in [0.5, 0.6) is 0 Å². The first-order valence-electron chi connectivity index (χ1n) is 8.22. The van der Waals surface area contributed by atoms with E-state index in [1.807, 2.05) is 11.8 Å². The summed E-state index contributed by atoms with van der Waals surface area (Å²) in [6.07, 6.45) is 11.8. The molecule has 2 heteroatoms. The van der Waals surface area contributed by atoms with Gasteiger partial charge in [-0.05, 0) is 55.7 Å². The number of nitrogens with one attached hydrogen (secondary N) is 1. The molecular formula is C18H29NS. The van der Waals surface area contributed by atoms with Gasteiger partial charge < -0.3 is 5.32 Å². The first kappa shape index (κ1) is 15.9. The van der Waals surface area contributed by atoms with E-state index in [2.05, 4.69) is 42.8 Å². The van der Waals surface area contributed by atoms with Crippen LogP contribution in [0.4, 0.5) is 0 Å². The Hall–Kier alpha value is -0.470. The van der Waals surface area contributed by atoms with Gasteiger partial charge in [0, 0.05) is 10.9 Å². The molecular weight excluding hydrogens is 262 g/mol. The van der Waals surface area contributed by atoms with Gasteiger partial charge in [-0.3, -0.25) is 0 Å². The largest absolute Gasteiger partial charge is 0.310 e. The van der Waals surface area contributed by atoms with Gasteiger partial charge in [-0.25, -0.2) is 0 Å². The van der Waals surface area contributed by atoms with E-state index in [1.165, 1.54) is 55.4 Å². The molecule has 0 bridgehead atoms. The van der Waals surface area contributed by atoms with Crippen LogP contribution in [0.3, 0.4) is 0 Å². The number of hydrogen-bond acceptors (Lipinski definition) is 2. The molecule has 0 aromatic heterocycles. The van der Waals surface area contributed by atoms with Crippen LogP contribution >= 0.6 is 11.8 Å². The van der Waals surface area contributed by atoms with Crippen molar-refractivity contribution >= 4 is 11.8 Å². The van der Waals surface area contributed by atoms with Crippen molar-refractivity contribution in [1.29, 1.82) is 0 Å². The maximum absolute atomic E-state index is 3.81. The summed E-state index contributed by atoms with van der Waals surface area (Å²) in [7, 11) is 0. The maximum atomic E-state index is 3.81. The molecule has 0 saturated heterocycles. The minimum absolute atomic E-state index is 0.559. The fourth-order valence-corrected chi connectivity index (χ4v) is 3.72. The molecule has 2 rings (SSSR count). The summed E-state index contributed by atoms with van der Waals surface area (Å²) >= 11 is 1.83. The van der Waals surface area contributed by atoms with E-state index >= 15 is 0 Å². The van der Waals surface area contributed by atoms with Crippen molar-refractivity contribution in [1.82, 2.24) is 5.32 Å². The molecule has 112 valence electrons. The second-order valence-corrected chi connectivity index (χ2v) is 6.84. The second kappa shape index (κ2) is 8.74. The van der Waals surface area contributed by atoms with Gasteiger partial charge in [0.1, 0.15) is 0 Å². The second-order valence-electron chi connectivity index (χ2n) is 5.96. The highest BCUT2D eigenvalue weighted by Gasteiger charge is 2.23. The molecule has 0 radical (unpaired) electrons. The zero-order valence-electron chi connectivity index (χ0n) is 13.0. The smallest absolute Gasteiger partial charge is 0.0348 e. The standard InChI is InChI=1S/C18H29NS/c1-3-14-19-18(15-8-6-4-5-7-9-15)16-10-12-17(20-2)13-11-16/h10-13,15,18-19H,3-9,14H2,1-2H3. The van der Waals surface area contributed by atoms with Crippen LogP contribution in [-0.4, -0.2) is 12.8 Å². The van der Waals surface area contributed by atoms with Crippen LogP contribution in [0.2, 0.25) is 0 Å². The van der Waals surface area contributed by atoms with Crippen LogP contribution in [-0.2, 0) is 0 Å². The Morgan fingerprint density at radius 3 is 2.30 bits per heavy atom. The number of thioether (sulfide) groups is 1. The Kier molecular flexibility index (Phi) is 6.95. The van der Waals surface area contributed by atoms with E-state index in [9.17, 15) is 0 Å². The number of rotatable bonds is 6. The first-order chi connectivity index (χ1) is 9.85. The van der Waals surface area contributed by atoms with Crippen molar-refractivity contribution in [3.05, 3.63) is 29.8 Å². The minimum Gasteiger partial charge on any atom is -0.310 e. The molecule has 1 aliphatic carbocycles. The summed E-state index contributed by atoms with van der Waals surface area (Å²) in [5, 5.41) is 3.81. The van der Waals surface area contributed by atoms with Crippen LogP contribution in [0.25, 0.3) is 0 Å². The lowest BCUT2D eigenvalue weighted by atomic mass is 9.87. The van der Waals surface area contributed by atoms with Crippen molar-refractivity contribution in [2.24, 2.45) is 5.92 Å². The van der Waals surface area contributed by atoms with Gasteiger partial charge in [0.05, 0.1) is 0 Å². The van der Waals surface area contributed by atoms with Gasteiger partial charge >= 0.3 is 0 Å². The summed E-state index contributed by atoms with van der Waals surface area (Å²) in [5.41, 5.74) is 1.49. The maximum Gasteiger partial charge on any atom is 0.0348 e. The van der Waals surface area contributed by atoms with Crippen molar-refractivity contribution in [3.63, 3.8) is 0 Å². The molecule has 1 aliphatic rings. The highest BCUT2D eigenvalue weighted by Crippen LogP contribution is 2.34. The third-order valence-electron chi connectivity index (χ3n) is 4.46. The fourth-order valence-electron chi connectivity index (χ4n) is 3.31. The minimum atomic E-state index is 0.559. The average Bonchev–Trinajstić information content (AvgIpc) is 2.77. The van der Waals surface area contributed by atoms with E-state index in [1.54, 1.807) is 0 Å². The van der Waals surface area contributed by atoms with E-state index in [-0.39, 0.29) is 0 Å². The van der Waals surface area contributed by atoms with Gasteiger partial charge in [-0.15, -0.1) is 11.8 Å². The summed E-state index contributed by atoms with van der Waals surface area (Å²) in [5.74, 6) is 0.823. The van der Waals surface area contributed by atoms with Gasteiger partial charge in [-0.2, -0.15) is 0 Å². The van der Waals surface area contributed by atoms with Crippen molar-refractivity contribution in [2.75, 3.05) is 12.8 Å². The molecule has 0 heterocycles. The van der Waals surface area contributed by atoms with E-state index in [0.717, 1.165) is 12.5 Å². The summed E-state index contributed by atoms with van der Waals surface area (Å²) in [4.78, 5) is 1.36. The van der Waals surface area contributed by atoms with Gasteiger partial charge in [0.2, 0.25) is 0 Å². The van der Waals surface area contributed by atoms with E-state index in [4.69, 9.17) is 0 Å². The molecule has 1 fully saturated rings. The van der Waals surface area contributed by atoms with Gasteiger partial charge in [-0.1, -0.05) is 44.7 Å². The van der Waals surface area contributed by atoms with Crippen molar-refractivity contribution in [3.8, 4) is 0 Å². The molecule has 1 aromatic carbocycles. The van der Waals surface area contributed by atoms with Gasteiger partial charge in [0.15, 0.2) is 0 Å². The highest BCUT2D eigenvalue weighted by atomic mass is 32.2. The fraction of sp³-hybridized carbons (Fsp3) is 0.667. The molecule has 1 nitrogen and oxygen atoms in total. The highest BCUT2D eigenvalue weighted by molar-refractivity contribution is 7.98. The quantitative estimate of drug-likeness (QED) is 0.555. The predicted molar refractivity (Wildman–Crippen MR) is 90.4 cm³/mol. The Morgan fingerprint density at radius 1 is 1.10 bits per heavy atom. The lowest BCUT2D eigenvalue weighted by Gasteiger charge is -2.28. The Bertz CT molecular complexity index is 366. The summed E-state index contributed by atoms with van der Waals surface area (Å²) in [6.45, 7) is 3.39. The molecule has 20 heavy (non-hydrogen) atoms. The van der Waals surface area contributed by atoms with Crippen LogP contribution in [0.15, 0.2) is 29.2 Å². The lowest BCUT2D eigenvalue weighted by molar-refractivity contribution is 0.325. The monoisotopic (exact) mass is 291 g/mol.